The van der Waals surface area contributed by atoms with E-state index < -0.39 is 10.0 Å². The van der Waals surface area contributed by atoms with E-state index in [0.29, 0.717) is 25.1 Å². The molecule has 0 saturated carbocycles. The third-order valence-corrected chi connectivity index (χ3v) is 7.27. The maximum Gasteiger partial charge on any atom is 0.228 e. The molecule has 0 spiro atoms. The lowest BCUT2D eigenvalue weighted by molar-refractivity contribution is -0.120. The van der Waals surface area contributed by atoms with E-state index in [-0.39, 0.29) is 18.4 Å². The van der Waals surface area contributed by atoms with Crippen molar-refractivity contribution in [1.82, 2.24) is 9.29 Å². The highest BCUT2D eigenvalue weighted by molar-refractivity contribution is 7.88. The molecule has 4 rings (SSSR count). The Balaban J connectivity index is 1.58. The number of anilines is 1. The average molecular weight is 416 g/mol. The monoisotopic (exact) mass is 415 g/mol. The zero-order valence-electron chi connectivity index (χ0n) is 15.5. The van der Waals surface area contributed by atoms with E-state index in [1.807, 2.05) is 48.5 Å². The summed E-state index contributed by atoms with van der Waals surface area (Å²) >= 11 is 1.58. The third-order valence-electron chi connectivity index (χ3n) is 4.93. The lowest BCUT2D eigenvalue weighted by Gasteiger charge is -2.30. The van der Waals surface area contributed by atoms with Gasteiger partial charge in [-0.15, -0.1) is 11.3 Å². The number of sulfonamides is 1. The molecule has 2 aromatic carbocycles. The number of carbonyl (C=O) groups is 1. The maximum atomic E-state index is 12.8. The van der Waals surface area contributed by atoms with Crippen LogP contribution in [0.5, 0.6) is 0 Å². The summed E-state index contributed by atoms with van der Waals surface area (Å²) in [6.07, 6.45) is 2.56. The van der Waals surface area contributed by atoms with E-state index >= 15 is 0 Å². The van der Waals surface area contributed by atoms with Crippen LogP contribution in [-0.4, -0.2) is 43.0 Å². The van der Waals surface area contributed by atoms with Gasteiger partial charge in [-0.05, 0) is 37.1 Å². The summed E-state index contributed by atoms with van der Waals surface area (Å²) in [5, 5.41) is 3.85. The van der Waals surface area contributed by atoms with Gasteiger partial charge in [0.2, 0.25) is 15.9 Å². The van der Waals surface area contributed by atoms with Crippen molar-refractivity contribution in [3.8, 4) is 10.6 Å². The summed E-state index contributed by atoms with van der Waals surface area (Å²) in [5.41, 5.74) is 2.50. The molecule has 3 aromatic rings. The van der Waals surface area contributed by atoms with Gasteiger partial charge in [-0.2, -0.15) is 0 Å². The second-order valence-corrected chi connectivity index (χ2v) is 9.99. The molecule has 8 heteroatoms. The number of hydrogen-bond acceptors (Lipinski definition) is 5. The van der Waals surface area contributed by atoms with Crippen LogP contribution in [0.3, 0.4) is 0 Å². The van der Waals surface area contributed by atoms with Crippen molar-refractivity contribution in [2.75, 3.05) is 24.7 Å². The van der Waals surface area contributed by atoms with Gasteiger partial charge in [0.1, 0.15) is 5.01 Å². The molecule has 1 amide bonds. The molecular formula is C20H21N3O3S2. The van der Waals surface area contributed by atoms with Crippen molar-refractivity contribution in [1.29, 1.82) is 0 Å². The molecule has 28 heavy (non-hydrogen) atoms. The van der Waals surface area contributed by atoms with Crippen LogP contribution in [0.1, 0.15) is 12.8 Å². The Kier molecular flexibility index (Phi) is 5.18. The van der Waals surface area contributed by atoms with Crippen molar-refractivity contribution in [2.45, 2.75) is 12.8 Å². The number of thiazole rings is 1. The van der Waals surface area contributed by atoms with E-state index in [4.69, 9.17) is 0 Å². The smallest absolute Gasteiger partial charge is 0.228 e. The molecule has 0 aliphatic carbocycles. The van der Waals surface area contributed by atoms with Crippen molar-refractivity contribution in [3.05, 3.63) is 48.5 Å². The molecule has 1 aliphatic heterocycles. The topological polar surface area (TPSA) is 79.4 Å². The Morgan fingerprint density at radius 3 is 2.71 bits per heavy atom. The Hall–Kier alpha value is -2.29. The molecule has 1 aliphatic rings. The summed E-state index contributed by atoms with van der Waals surface area (Å²) in [5.74, 6) is -0.506. The zero-order chi connectivity index (χ0) is 19.7. The Bertz CT molecular complexity index is 1090. The largest absolute Gasteiger partial charge is 0.325 e. The van der Waals surface area contributed by atoms with Crippen molar-refractivity contribution in [2.24, 2.45) is 5.92 Å². The highest BCUT2D eigenvalue weighted by Gasteiger charge is 2.30. The fraction of sp³-hybridized carbons (Fsp3) is 0.300. The van der Waals surface area contributed by atoms with Gasteiger partial charge in [0.05, 0.1) is 28.1 Å². The summed E-state index contributed by atoms with van der Waals surface area (Å²) in [6, 6.07) is 15.5. The first-order chi connectivity index (χ1) is 13.4. The number of amides is 1. The minimum absolute atomic E-state index is 0.151. The Morgan fingerprint density at radius 1 is 1.18 bits per heavy atom. The molecule has 1 atom stereocenters. The van der Waals surface area contributed by atoms with E-state index in [1.54, 1.807) is 11.3 Å². The molecule has 1 saturated heterocycles. The summed E-state index contributed by atoms with van der Waals surface area (Å²) in [7, 11) is -3.29. The SMILES string of the molecule is CS(=O)(=O)N1CCCC(C(=O)Nc2ccccc2-c2nc3ccccc3s2)C1. The first-order valence-corrected chi connectivity index (χ1v) is 11.8. The summed E-state index contributed by atoms with van der Waals surface area (Å²) in [4.78, 5) is 17.5. The Labute approximate surface area is 168 Å². The van der Waals surface area contributed by atoms with Gasteiger partial charge in [0.15, 0.2) is 0 Å². The van der Waals surface area contributed by atoms with Gasteiger partial charge in [0.25, 0.3) is 0 Å². The number of nitrogens with zero attached hydrogens (tertiary/aromatic N) is 2. The molecule has 1 fully saturated rings. The van der Waals surface area contributed by atoms with Gasteiger partial charge >= 0.3 is 0 Å². The van der Waals surface area contributed by atoms with Gasteiger partial charge in [-0.1, -0.05) is 24.3 Å². The van der Waals surface area contributed by atoms with E-state index in [9.17, 15) is 13.2 Å². The molecule has 0 bridgehead atoms. The minimum Gasteiger partial charge on any atom is -0.325 e. The molecule has 0 radical (unpaired) electrons. The van der Waals surface area contributed by atoms with Gasteiger partial charge in [-0.3, -0.25) is 4.79 Å². The van der Waals surface area contributed by atoms with E-state index in [2.05, 4.69) is 10.3 Å². The summed E-state index contributed by atoms with van der Waals surface area (Å²) in [6.45, 7) is 0.707. The fourth-order valence-corrected chi connectivity index (χ4v) is 5.38. The standard InChI is InChI=1S/C20H21N3O3S2/c1-28(25,26)23-12-6-7-14(13-23)19(24)21-16-9-3-2-8-15(16)20-22-17-10-4-5-11-18(17)27-20/h2-5,8-11,14H,6-7,12-13H2,1H3,(H,21,24). The Morgan fingerprint density at radius 2 is 1.93 bits per heavy atom. The van der Waals surface area contributed by atoms with Crippen LogP contribution in [0.15, 0.2) is 48.5 Å². The lowest BCUT2D eigenvalue weighted by atomic mass is 9.98. The minimum atomic E-state index is -3.29. The van der Waals surface area contributed by atoms with Crippen molar-refractivity contribution < 1.29 is 13.2 Å². The quantitative estimate of drug-likeness (QED) is 0.706. The molecule has 6 nitrogen and oxygen atoms in total. The highest BCUT2D eigenvalue weighted by Crippen LogP contribution is 2.34. The third kappa shape index (κ3) is 3.94. The second kappa shape index (κ2) is 7.62. The maximum absolute atomic E-state index is 12.8. The van der Waals surface area contributed by atoms with E-state index in [0.717, 1.165) is 20.8 Å². The highest BCUT2D eigenvalue weighted by atomic mass is 32.2. The predicted octanol–water partition coefficient (Wildman–Crippen LogP) is 3.57. The van der Waals surface area contributed by atoms with Crippen LogP contribution >= 0.6 is 11.3 Å². The summed E-state index contributed by atoms with van der Waals surface area (Å²) < 4.78 is 26.1. The van der Waals surface area contributed by atoms with Gasteiger partial charge in [0, 0.05) is 18.7 Å². The van der Waals surface area contributed by atoms with Crippen LogP contribution in [0, 0.1) is 5.92 Å². The van der Waals surface area contributed by atoms with Crippen LogP contribution in [0.4, 0.5) is 5.69 Å². The number of nitrogens with one attached hydrogen (secondary N) is 1. The zero-order valence-corrected chi connectivity index (χ0v) is 17.1. The number of carbonyl (C=O) groups excluding carboxylic acids is 1. The molecule has 2 heterocycles. The second-order valence-electron chi connectivity index (χ2n) is 6.98. The molecule has 146 valence electrons. The fourth-order valence-electron chi connectivity index (χ4n) is 3.46. The number of hydrogen-bond donors (Lipinski definition) is 1. The number of para-hydroxylation sites is 2. The van der Waals surface area contributed by atoms with Crippen LogP contribution < -0.4 is 5.32 Å². The predicted molar refractivity (Wildman–Crippen MR) is 113 cm³/mol. The van der Waals surface area contributed by atoms with Gasteiger partial charge < -0.3 is 5.32 Å². The van der Waals surface area contributed by atoms with Crippen LogP contribution in [-0.2, 0) is 14.8 Å². The number of piperidine rings is 1. The van der Waals surface area contributed by atoms with Crippen LogP contribution in [0.25, 0.3) is 20.8 Å². The number of aromatic nitrogens is 1. The first kappa shape index (κ1) is 19.0. The molecule has 1 N–H and O–H groups in total. The molecular weight excluding hydrogens is 394 g/mol. The van der Waals surface area contributed by atoms with Crippen molar-refractivity contribution in [3.63, 3.8) is 0 Å². The van der Waals surface area contributed by atoms with Crippen molar-refractivity contribution >= 4 is 43.2 Å². The number of benzene rings is 2. The molecule has 1 unspecified atom stereocenters. The number of fused-ring (bicyclic) bond motifs is 1. The van der Waals surface area contributed by atoms with E-state index in [1.165, 1.54) is 10.6 Å². The number of rotatable bonds is 4. The van der Waals surface area contributed by atoms with Crippen LogP contribution in [0.2, 0.25) is 0 Å². The normalized spacial score (nSPS) is 18.2. The first-order valence-electron chi connectivity index (χ1n) is 9.13. The van der Waals surface area contributed by atoms with Gasteiger partial charge in [-0.25, -0.2) is 17.7 Å². The molecule has 1 aromatic heterocycles. The lowest BCUT2D eigenvalue weighted by Crippen LogP contribution is -2.43. The average Bonchev–Trinajstić information content (AvgIpc) is 3.12.